The molecule has 100 valence electrons. The highest BCUT2D eigenvalue weighted by Crippen LogP contribution is 2.22. The third-order valence-electron chi connectivity index (χ3n) is 3.62. The molecule has 0 amide bonds. The summed E-state index contributed by atoms with van der Waals surface area (Å²) in [5.41, 5.74) is 0.189. The molecule has 1 unspecified atom stereocenters. The second-order valence-electron chi connectivity index (χ2n) is 4.90. The van der Waals surface area contributed by atoms with E-state index in [9.17, 15) is 0 Å². The van der Waals surface area contributed by atoms with Crippen LogP contribution in [-0.4, -0.2) is 36.1 Å². The highest BCUT2D eigenvalue weighted by molar-refractivity contribution is 4.99. The molecule has 0 saturated carbocycles. The van der Waals surface area contributed by atoms with Crippen molar-refractivity contribution < 1.29 is 0 Å². The molecule has 0 radical (unpaired) electrons. The van der Waals surface area contributed by atoms with Gasteiger partial charge in [-0.05, 0) is 46.8 Å². The smallest absolute Gasteiger partial charge is 0.0306 e. The summed E-state index contributed by atoms with van der Waals surface area (Å²) in [4.78, 5) is 2.53. The molecule has 17 heavy (non-hydrogen) atoms. The number of rotatable bonds is 8. The minimum atomic E-state index is 0.189. The fourth-order valence-corrected chi connectivity index (χ4v) is 2.55. The fourth-order valence-electron chi connectivity index (χ4n) is 2.55. The monoisotopic (exact) mass is 238 g/mol. The van der Waals surface area contributed by atoms with Crippen LogP contribution >= 0.6 is 0 Å². The third-order valence-corrected chi connectivity index (χ3v) is 3.62. The lowest BCUT2D eigenvalue weighted by Crippen LogP contribution is -2.57. The summed E-state index contributed by atoms with van der Waals surface area (Å²) in [6, 6.07) is 0.508. The van der Waals surface area contributed by atoms with Crippen LogP contribution in [0.3, 0.4) is 0 Å². The average molecular weight is 238 g/mol. The van der Waals surface area contributed by atoms with Crippen molar-refractivity contribution >= 4 is 0 Å². The molecule has 0 aromatic carbocycles. The van der Waals surface area contributed by atoms with Crippen molar-refractivity contribution in [1.29, 1.82) is 0 Å². The SMILES string of the molecule is CC#CCCC(NCC)C(C)(C)N(CC)CC. The molecule has 0 fully saturated rings. The minimum absolute atomic E-state index is 0.189. The maximum absolute atomic E-state index is 3.62. The highest BCUT2D eigenvalue weighted by Gasteiger charge is 2.32. The van der Waals surface area contributed by atoms with Crippen LogP contribution in [0.15, 0.2) is 0 Å². The zero-order chi connectivity index (χ0) is 13.3. The molecule has 0 bridgehead atoms. The first-order valence-electron chi connectivity index (χ1n) is 6.92. The van der Waals surface area contributed by atoms with E-state index >= 15 is 0 Å². The minimum Gasteiger partial charge on any atom is -0.312 e. The van der Waals surface area contributed by atoms with Gasteiger partial charge in [0.15, 0.2) is 0 Å². The normalized spacial score (nSPS) is 13.4. The predicted octanol–water partition coefficient (Wildman–Crippen LogP) is 2.89. The summed E-state index contributed by atoms with van der Waals surface area (Å²) in [5.74, 6) is 6.16. The van der Waals surface area contributed by atoms with Gasteiger partial charge in [0.2, 0.25) is 0 Å². The molecule has 0 aliphatic rings. The van der Waals surface area contributed by atoms with Gasteiger partial charge < -0.3 is 5.32 Å². The molecule has 2 nitrogen and oxygen atoms in total. The summed E-state index contributed by atoms with van der Waals surface area (Å²) in [6.45, 7) is 16.5. The molecule has 0 saturated heterocycles. The van der Waals surface area contributed by atoms with E-state index in [1.54, 1.807) is 0 Å². The first-order valence-corrected chi connectivity index (χ1v) is 6.92. The van der Waals surface area contributed by atoms with Crippen LogP contribution in [0.25, 0.3) is 0 Å². The van der Waals surface area contributed by atoms with Gasteiger partial charge in [-0.25, -0.2) is 0 Å². The lowest BCUT2D eigenvalue weighted by molar-refractivity contribution is 0.0888. The van der Waals surface area contributed by atoms with E-state index in [2.05, 4.69) is 56.7 Å². The molecule has 0 aliphatic heterocycles. The van der Waals surface area contributed by atoms with E-state index in [1.807, 2.05) is 6.92 Å². The molecule has 0 aromatic rings. The lowest BCUT2D eigenvalue weighted by Gasteiger charge is -2.43. The zero-order valence-electron chi connectivity index (χ0n) is 12.6. The van der Waals surface area contributed by atoms with Gasteiger partial charge in [-0.15, -0.1) is 11.8 Å². The van der Waals surface area contributed by atoms with Gasteiger partial charge in [-0.2, -0.15) is 0 Å². The number of likely N-dealkylation sites (N-methyl/N-ethyl adjacent to an activating group) is 2. The Bertz CT molecular complexity index is 243. The number of hydrogen-bond donors (Lipinski definition) is 1. The summed E-state index contributed by atoms with van der Waals surface area (Å²) in [5, 5.41) is 3.62. The molecule has 0 heterocycles. The Labute approximate surface area is 108 Å². The first-order chi connectivity index (χ1) is 8.04. The Hall–Kier alpha value is -0.520. The van der Waals surface area contributed by atoms with Gasteiger partial charge in [0.25, 0.3) is 0 Å². The van der Waals surface area contributed by atoms with Crippen molar-refractivity contribution in [2.45, 2.75) is 66.0 Å². The third kappa shape index (κ3) is 5.10. The number of nitrogens with zero attached hydrogens (tertiary/aromatic N) is 1. The highest BCUT2D eigenvalue weighted by atomic mass is 15.2. The van der Waals surface area contributed by atoms with Crippen LogP contribution in [0.4, 0.5) is 0 Å². The van der Waals surface area contributed by atoms with Crippen molar-refractivity contribution in [1.82, 2.24) is 10.2 Å². The standard InChI is InChI=1S/C15H30N2/c1-7-11-12-13-14(16-8-2)15(5,6)17(9-3)10-4/h14,16H,8-10,12-13H2,1-6H3. The van der Waals surface area contributed by atoms with Crippen molar-refractivity contribution in [3.05, 3.63) is 0 Å². The largest absolute Gasteiger partial charge is 0.312 e. The molecular weight excluding hydrogens is 208 g/mol. The van der Waals surface area contributed by atoms with Crippen molar-refractivity contribution in [3.8, 4) is 11.8 Å². The molecule has 0 aliphatic carbocycles. The summed E-state index contributed by atoms with van der Waals surface area (Å²) in [7, 11) is 0. The number of nitrogens with one attached hydrogen (secondary N) is 1. The van der Waals surface area contributed by atoms with E-state index in [4.69, 9.17) is 0 Å². The van der Waals surface area contributed by atoms with Crippen LogP contribution in [0.5, 0.6) is 0 Å². The molecule has 0 aromatic heterocycles. The molecule has 1 N–H and O–H groups in total. The van der Waals surface area contributed by atoms with Crippen molar-refractivity contribution in [3.63, 3.8) is 0 Å². The Morgan fingerprint density at radius 1 is 1.18 bits per heavy atom. The second-order valence-corrected chi connectivity index (χ2v) is 4.90. The van der Waals surface area contributed by atoms with Crippen molar-refractivity contribution in [2.75, 3.05) is 19.6 Å². The zero-order valence-corrected chi connectivity index (χ0v) is 12.6. The van der Waals surface area contributed by atoms with E-state index in [0.29, 0.717) is 6.04 Å². The molecule has 1 atom stereocenters. The summed E-state index contributed by atoms with van der Waals surface area (Å²) >= 11 is 0. The van der Waals surface area contributed by atoms with E-state index in [-0.39, 0.29) is 5.54 Å². The molecular formula is C15H30N2. The summed E-state index contributed by atoms with van der Waals surface area (Å²) < 4.78 is 0. The Kier molecular flexibility index (Phi) is 8.29. The first kappa shape index (κ1) is 16.5. The maximum Gasteiger partial charge on any atom is 0.0306 e. The van der Waals surface area contributed by atoms with E-state index in [0.717, 1.165) is 32.5 Å². The van der Waals surface area contributed by atoms with Gasteiger partial charge in [0.05, 0.1) is 0 Å². The van der Waals surface area contributed by atoms with Crippen LogP contribution in [0.2, 0.25) is 0 Å². The van der Waals surface area contributed by atoms with Crippen molar-refractivity contribution in [2.24, 2.45) is 0 Å². The molecule has 0 rings (SSSR count). The molecule has 0 spiro atoms. The maximum atomic E-state index is 3.62. The number of hydrogen-bond acceptors (Lipinski definition) is 2. The van der Waals surface area contributed by atoms with Crippen LogP contribution in [0, 0.1) is 11.8 Å². The molecule has 2 heteroatoms. The van der Waals surface area contributed by atoms with Gasteiger partial charge in [-0.3, -0.25) is 4.90 Å². The van der Waals surface area contributed by atoms with Crippen LogP contribution in [0.1, 0.15) is 54.4 Å². The Balaban J connectivity index is 4.66. The lowest BCUT2D eigenvalue weighted by atomic mass is 9.88. The second kappa shape index (κ2) is 8.55. The van der Waals surface area contributed by atoms with Gasteiger partial charge in [0.1, 0.15) is 0 Å². The van der Waals surface area contributed by atoms with Gasteiger partial charge >= 0.3 is 0 Å². The van der Waals surface area contributed by atoms with Crippen LogP contribution in [-0.2, 0) is 0 Å². The fraction of sp³-hybridized carbons (Fsp3) is 0.867. The topological polar surface area (TPSA) is 15.3 Å². The summed E-state index contributed by atoms with van der Waals surface area (Å²) in [6.07, 6.45) is 2.11. The average Bonchev–Trinajstić information content (AvgIpc) is 2.29. The predicted molar refractivity (Wildman–Crippen MR) is 77.1 cm³/mol. The van der Waals surface area contributed by atoms with E-state index in [1.165, 1.54) is 0 Å². The van der Waals surface area contributed by atoms with Crippen LogP contribution < -0.4 is 5.32 Å². The Morgan fingerprint density at radius 3 is 2.18 bits per heavy atom. The Morgan fingerprint density at radius 2 is 1.76 bits per heavy atom. The van der Waals surface area contributed by atoms with E-state index < -0.39 is 0 Å². The van der Waals surface area contributed by atoms with Gasteiger partial charge in [-0.1, -0.05) is 20.8 Å². The van der Waals surface area contributed by atoms with Gasteiger partial charge in [0, 0.05) is 18.0 Å². The quantitative estimate of drug-likeness (QED) is 0.654.